The molecule has 1 heterocycles. The molecule has 1 N–H and O–H groups in total. The smallest absolute Gasteiger partial charge is 0.324 e. The monoisotopic (exact) mass is 281 g/mol. The van der Waals surface area contributed by atoms with Crippen molar-refractivity contribution in [2.45, 2.75) is 25.8 Å². The number of nitrogens with zero attached hydrogens (tertiary/aromatic N) is 1. The molecule has 5 heteroatoms. The van der Waals surface area contributed by atoms with Gasteiger partial charge in [0.15, 0.2) is 0 Å². The molecule has 1 aliphatic heterocycles. The standard InChI is InChI=1S/C15H20FNO3/c1-11-9-12(3-4-13(11)16)10-15(2,14(18)19)17-5-7-20-8-6-17/h3-4,9H,5-8,10H2,1-2H3,(H,18,19). The normalized spacial score (nSPS) is 19.6. The average Bonchev–Trinajstić information content (AvgIpc) is 2.43. The lowest BCUT2D eigenvalue weighted by atomic mass is 9.90. The Kier molecular flexibility index (Phi) is 4.40. The van der Waals surface area contributed by atoms with E-state index in [0.29, 0.717) is 38.3 Å². The van der Waals surface area contributed by atoms with E-state index < -0.39 is 11.5 Å². The summed E-state index contributed by atoms with van der Waals surface area (Å²) in [4.78, 5) is 13.6. The second kappa shape index (κ2) is 5.89. The average molecular weight is 281 g/mol. The number of halogens is 1. The maximum Gasteiger partial charge on any atom is 0.324 e. The number of rotatable bonds is 4. The van der Waals surface area contributed by atoms with Crippen LogP contribution in [0.1, 0.15) is 18.1 Å². The van der Waals surface area contributed by atoms with Crippen molar-refractivity contribution >= 4 is 5.97 Å². The molecule has 1 fully saturated rings. The van der Waals surface area contributed by atoms with Crippen LogP contribution in [0.2, 0.25) is 0 Å². The largest absolute Gasteiger partial charge is 0.480 e. The summed E-state index contributed by atoms with van der Waals surface area (Å²) in [5.41, 5.74) is 0.381. The Morgan fingerprint density at radius 2 is 2.10 bits per heavy atom. The van der Waals surface area contributed by atoms with Crippen molar-refractivity contribution in [1.29, 1.82) is 0 Å². The summed E-state index contributed by atoms with van der Waals surface area (Å²) in [6.07, 6.45) is 0.351. The van der Waals surface area contributed by atoms with Gasteiger partial charge in [0, 0.05) is 19.5 Å². The van der Waals surface area contributed by atoms with Crippen molar-refractivity contribution < 1.29 is 19.0 Å². The van der Waals surface area contributed by atoms with E-state index in [9.17, 15) is 14.3 Å². The van der Waals surface area contributed by atoms with Crippen LogP contribution in [-0.4, -0.2) is 47.8 Å². The highest BCUT2D eigenvalue weighted by Crippen LogP contribution is 2.24. The summed E-state index contributed by atoms with van der Waals surface area (Å²) >= 11 is 0. The number of carboxylic acids is 1. The van der Waals surface area contributed by atoms with Gasteiger partial charge in [-0.15, -0.1) is 0 Å². The van der Waals surface area contributed by atoms with E-state index in [-0.39, 0.29) is 5.82 Å². The summed E-state index contributed by atoms with van der Waals surface area (Å²) in [6, 6.07) is 4.77. The number of hydrogen-bond donors (Lipinski definition) is 1. The summed E-state index contributed by atoms with van der Waals surface area (Å²) in [6.45, 7) is 5.70. The minimum Gasteiger partial charge on any atom is -0.480 e. The van der Waals surface area contributed by atoms with Gasteiger partial charge >= 0.3 is 5.97 Å². The van der Waals surface area contributed by atoms with Crippen LogP contribution in [0.15, 0.2) is 18.2 Å². The molecule has 1 saturated heterocycles. The molecular formula is C15H20FNO3. The number of carboxylic acid groups (broad SMARTS) is 1. The van der Waals surface area contributed by atoms with Crippen LogP contribution >= 0.6 is 0 Å². The van der Waals surface area contributed by atoms with Gasteiger partial charge in [0.1, 0.15) is 11.4 Å². The van der Waals surface area contributed by atoms with Crippen LogP contribution in [0.3, 0.4) is 0 Å². The fourth-order valence-corrected chi connectivity index (χ4v) is 2.59. The molecule has 20 heavy (non-hydrogen) atoms. The molecule has 110 valence electrons. The second-order valence-corrected chi connectivity index (χ2v) is 5.44. The molecule has 1 aliphatic rings. The van der Waals surface area contributed by atoms with Crippen LogP contribution in [-0.2, 0) is 16.0 Å². The zero-order chi connectivity index (χ0) is 14.8. The van der Waals surface area contributed by atoms with E-state index in [2.05, 4.69) is 0 Å². The zero-order valence-electron chi connectivity index (χ0n) is 11.9. The van der Waals surface area contributed by atoms with Gasteiger partial charge in [0.05, 0.1) is 13.2 Å². The first-order valence-corrected chi connectivity index (χ1v) is 6.75. The predicted molar refractivity (Wildman–Crippen MR) is 73.3 cm³/mol. The van der Waals surface area contributed by atoms with Crippen LogP contribution < -0.4 is 0 Å². The highest BCUT2D eigenvalue weighted by molar-refractivity contribution is 5.78. The Bertz CT molecular complexity index is 500. The molecular weight excluding hydrogens is 261 g/mol. The predicted octanol–water partition coefficient (Wildman–Crippen LogP) is 1.85. The number of aryl methyl sites for hydroxylation is 1. The van der Waals surface area contributed by atoms with Crippen molar-refractivity contribution in [1.82, 2.24) is 4.90 Å². The first kappa shape index (κ1) is 14.9. The van der Waals surface area contributed by atoms with E-state index in [1.807, 2.05) is 4.90 Å². The molecule has 0 aromatic heterocycles. The van der Waals surface area contributed by atoms with E-state index in [1.54, 1.807) is 26.0 Å². The molecule has 4 nitrogen and oxygen atoms in total. The molecule has 1 atom stereocenters. The quantitative estimate of drug-likeness (QED) is 0.915. The number of morpholine rings is 1. The third kappa shape index (κ3) is 2.99. The van der Waals surface area contributed by atoms with Crippen molar-refractivity contribution in [2.75, 3.05) is 26.3 Å². The number of carbonyl (C=O) groups is 1. The van der Waals surface area contributed by atoms with Crippen molar-refractivity contribution in [2.24, 2.45) is 0 Å². The number of aliphatic carboxylic acids is 1. The lowest BCUT2D eigenvalue weighted by Gasteiger charge is -2.40. The summed E-state index contributed by atoms with van der Waals surface area (Å²) in [5, 5.41) is 9.61. The van der Waals surface area contributed by atoms with Gasteiger partial charge in [-0.1, -0.05) is 12.1 Å². The summed E-state index contributed by atoms with van der Waals surface area (Å²) in [5.74, 6) is -1.13. The summed E-state index contributed by atoms with van der Waals surface area (Å²) < 4.78 is 18.6. The van der Waals surface area contributed by atoms with Crippen molar-refractivity contribution in [3.8, 4) is 0 Å². The van der Waals surface area contributed by atoms with Crippen LogP contribution in [0.25, 0.3) is 0 Å². The summed E-state index contributed by atoms with van der Waals surface area (Å²) in [7, 11) is 0. The Hall–Kier alpha value is -1.46. The molecule has 0 spiro atoms. The van der Waals surface area contributed by atoms with Crippen molar-refractivity contribution in [3.05, 3.63) is 35.1 Å². The maximum absolute atomic E-state index is 13.3. The maximum atomic E-state index is 13.3. The lowest BCUT2D eigenvalue weighted by Crippen LogP contribution is -2.57. The fourth-order valence-electron chi connectivity index (χ4n) is 2.59. The molecule has 0 aliphatic carbocycles. The Labute approximate surface area is 118 Å². The molecule has 1 aromatic carbocycles. The molecule has 2 rings (SSSR count). The highest BCUT2D eigenvalue weighted by Gasteiger charge is 2.40. The second-order valence-electron chi connectivity index (χ2n) is 5.44. The molecule has 0 saturated carbocycles. The third-order valence-corrected chi connectivity index (χ3v) is 3.94. The van der Waals surface area contributed by atoms with Gasteiger partial charge in [-0.2, -0.15) is 0 Å². The molecule has 1 aromatic rings. The van der Waals surface area contributed by atoms with Gasteiger partial charge < -0.3 is 9.84 Å². The molecule has 1 unspecified atom stereocenters. The Morgan fingerprint density at radius 3 is 2.65 bits per heavy atom. The van der Waals surface area contributed by atoms with Crippen LogP contribution in [0, 0.1) is 12.7 Å². The molecule has 0 radical (unpaired) electrons. The topological polar surface area (TPSA) is 49.8 Å². The SMILES string of the molecule is Cc1cc(CC(C)(C(=O)O)N2CCOCC2)ccc1F. The van der Waals surface area contributed by atoms with Crippen LogP contribution in [0.5, 0.6) is 0 Å². The number of benzene rings is 1. The minimum atomic E-state index is -0.992. The minimum absolute atomic E-state index is 0.267. The van der Waals surface area contributed by atoms with Gasteiger partial charge in [-0.05, 0) is 31.0 Å². The number of hydrogen-bond acceptors (Lipinski definition) is 3. The molecule has 0 bridgehead atoms. The lowest BCUT2D eigenvalue weighted by molar-refractivity contribution is -0.153. The first-order chi connectivity index (χ1) is 9.43. The van der Waals surface area contributed by atoms with Crippen molar-refractivity contribution in [3.63, 3.8) is 0 Å². The van der Waals surface area contributed by atoms with Crippen LogP contribution in [0.4, 0.5) is 4.39 Å². The number of ether oxygens (including phenoxy) is 1. The third-order valence-electron chi connectivity index (χ3n) is 3.94. The van der Waals surface area contributed by atoms with E-state index in [0.717, 1.165) is 5.56 Å². The zero-order valence-corrected chi connectivity index (χ0v) is 11.9. The van der Waals surface area contributed by atoms with Gasteiger partial charge in [0.25, 0.3) is 0 Å². The Morgan fingerprint density at radius 1 is 1.45 bits per heavy atom. The fraction of sp³-hybridized carbons (Fsp3) is 0.533. The van der Waals surface area contributed by atoms with Gasteiger partial charge in [-0.3, -0.25) is 9.69 Å². The van der Waals surface area contributed by atoms with Gasteiger partial charge in [0.2, 0.25) is 0 Å². The molecule has 0 amide bonds. The van der Waals surface area contributed by atoms with Gasteiger partial charge in [-0.25, -0.2) is 4.39 Å². The Balaban J connectivity index is 2.23. The van der Waals surface area contributed by atoms with E-state index in [4.69, 9.17) is 4.74 Å². The van der Waals surface area contributed by atoms with E-state index >= 15 is 0 Å². The first-order valence-electron chi connectivity index (χ1n) is 6.75. The highest BCUT2D eigenvalue weighted by atomic mass is 19.1. The van der Waals surface area contributed by atoms with E-state index in [1.165, 1.54) is 6.07 Å².